The molecule has 1 aromatic heterocycles. The summed E-state index contributed by atoms with van der Waals surface area (Å²) < 4.78 is 0. The molecule has 1 fully saturated rings. The van der Waals surface area contributed by atoms with Crippen molar-refractivity contribution in [2.24, 2.45) is 0 Å². The number of carbonyl (C=O) groups is 1. The van der Waals surface area contributed by atoms with E-state index in [2.05, 4.69) is 82.5 Å². The molecule has 1 N–H and O–H groups in total. The van der Waals surface area contributed by atoms with E-state index in [0.29, 0.717) is 6.54 Å². The number of para-hydroxylation sites is 1. The van der Waals surface area contributed by atoms with Gasteiger partial charge in [0, 0.05) is 74.1 Å². The third kappa shape index (κ3) is 7.04. The van der Waals surface area contributed by atoms with Gasteiger partial charge in [-0.3, -0.25) is 14.7 Å². The van der Waals surface area contributed by atoms with E-state index in [4.69, 9.17) is 0 Å². The van der Waals surface area contributed by atoms with Crippen molar-refractivity contribution in [2.75, 3.05) is 31.5 Å². The fourth-order valence-corrected chi connectivity index (χ4v) is 4.91. The van der Waals surface area contributed by atoms with E-state index in [1.54, 1.807) is 0 Å². The van der Waals surface area contributed by atoms with Gasteiger partial charge in [-0.1, -0.05) is 61.6 Å². The predicted octanol–water partition coefficient (Wildman–Crippen LogP) is 6.35. The third-order valence-corrected chi connectivity index (χ3v) is 7.24. The molecular formula is C34H36N4O. The minimum Gasteiger partial charge on any atom is -0.381 e. The standard InChI is InChI=1S/C34H36N4O/c1-2-3-4-5-8-27-12-14-28(15-13-27)26-37-21-23-38(24-22-37)34(39)30-16-18-32(19-17-30)36-25-31-10-6-9-29-11-7-20-35-33(29)31/h6-7,9-20,36H,2-4,21-26H2,1H3. The number of hydrogen-bond donors (Lipinski definition) is 1. The molecule has 0 aliphatic carbocycles. The lowest BCUT2D eigenvalue weighted by atomic mass is 10.1. The molecule has 1 aliphatic heterocycles. The fraction of sp³-hybridized carbons (Fsp3) is 0.294. The minimum atomic E-state index is 0.102. The first-order chi connectivity index (χ1) is 19.2. The molecule has 5 nitrogen and oxygen atoms in total. The monoisotopic (exact) mass is 516 g/mol. The molecule has 39 heavy (non-hydrogen) atoms. The summed E-state index contributed by atoms with van der Waals surface area (Å²) in [5, 5.41) is 4.60. The Kier molecular flexibility index (Phi) is 8.88. The van der Waals surface area contributed by atoms with Crippen LogP contribution in [0.3, 0.4) is 0 Å². The molecule has 0 unspecified atom stereocenters. The molecule has 1 amide bonds. The van der Waals surface area contributed by atoms with E-state index in [0.717, 1.165) is 78.8 Å². The highest BCUT2D eigenvalue weighted by Crippen LogP contribution is 2.19. The zero-order chi connectivity index (χ0) is 26.9. The van der Waals surface area contributed by atoms with Gasteiger partial charge < -0.3 is 10.2 Å². The van der Waals surface area contributed by atoms with Crippen LogP contribution in [-0.4, -0.2) is 46.9 Å². The first-order valence-corrected chi connectivity index (χ1v) is 14.0. The van der Waals surface area contributed by atoms with Crippen molar-refractivity contribution >= 4 is 22.5 Å². The highest BCUT2D eigenvalue weighted by Gasteiger charge is 2.22. The van der Waals surface area contributed by atoms with Crippen LogP contribution in [0.5, 0.6) is 0 Å². The average molecular weight is 517 g/mol. The number of rotatable bonds is 8. The normalized spacial score (nSPS) is 13.6. The maximum atomic E-state index is 13.1. The summed E-state index contributed by atoms with van der Waals surface area (Å²) in [5.41, 5.74) is 6.26. The second-order valence-corrected chi connectivity index (χ2v) is 10.1. The van der Waals surface area contributed by atoms with Gasteiger partial charge in [-0.05, 0) is 60.0 Å². The molecule has 198 valence electrons. The predicted molar refractivity (Wildman–Crippen MR) is 160 cm³/mol. The molecule has 1 saturated heterocycles. The molecule has 4 aromatic rings. The second-order valence-electron chi connectivity index (χ2n) is 10.1. The van der Waals surface area contributed by atoms with Gasteiger partial charge in [0.15, 0.2) is 0 Å². The quantitative estimate of drug-likeness (QED) is 0.219. The number of nitrogens with zero attached hydrogens (tertiary/aromatic N) is 3. The van der Waals surface area contributed by atoms with Gasteiger partial charge >= 0.3 is 0 Å². The van der Waals surface area contributed by atoms with Crippen LogP contribution >= 0.6 is 0 Å². The van der Waals surface area contributed by atoms with Gasteiger partial charge in [0.2, 0.25) is 0 Å². The van der Waals surface area contributed by atoms with Gasteiger partial charge in [0.25, 0.3) is 5.91 Å². The van der Waals surface area contributed by atoms with E-state index < -0.39 is 0 Å². The third-order valence-electron chi connectivity index (χ3n) is 7.24. The molecule has 0 saturated carbocycles. The Bertz CT molecular complexity index is 1440. The molecular weight excluding hydrogens is 480 g/mol. The summed E-state index contributed by atoms with van der Waals surface area (Å²) in [6.45, 7) is 7.01. The number of pyridine rings is 1. The number of amides is 1. The maximum Gasteiger partial charge on any atom is 0.253 e. The molecule has 5 heteroatoms. The van der Waals surface area contributed by atoms with Crippen molar-refractivity contribution in [3.05, 3.63) is 107 Å². The van der Waals surface area contributed by atoms with Gasteiger partial charge in [-0.25, -0.2) is 0 Å². The van der Waals surface area contributed by atoms with E-state index in [9.17, 15) is 4.79 Å². The van der Waals surface area contributed by atoms with Crippen molar-refractivity contribution in [2.45, 2.75) is 39.3 Å². The fourth-order valence-electron chi connectivity index (χ4n) is 4.91. The zero-order valence-electron chi connectivity index (χ0n) is 22.7. The number of benzene rings is 3. The zero-order valence-corrected chi connectivity index (χ0v) is 22.7. The Morgan fingerprint density at radius 3 is 2.46 bits per heavy atom. The Hall–Kier alpha value is -4.14. The molecule has 1 aliphatic rings. The van der Waals surface area contributed by atoms with Crippen LogP contribution in [0.4, 0.5) is 5.69 Å². The number of aromatic nitrogens is 1. The first-order valence-electron chi connectivity index (χ1n) is 14.0. The summed E-state index contributed by atoms with van der Waals surface area (Å²) >= 11 is 0. The summed E-state index contributed by atoms with van der Waals surface area (Å²) in [6, 6.07) is 26.7. The van der Waals surface area contributed by atoms with E-state index in [-0.39, 0.29) is 5.91 Å². The highest BCUT2D eigenvalue weighted by atomic mass is 16.2. The minimum absolute atomic E-state index is 0.102. The summed E-state index contributed by atoms with van der Waals surface area (Å²) in [4.78, 5) is 22.0. The van der Waals surface area contributed by atoms with Crippen molar-refractivity contribution in [3.63, 3.8) is 0 Å². The van der Waals surface area contributed by atoms with E-state index in [1.807, 2.05) is 41.4 Å². The largest absolute Gasteiger partial charge is 0.381 e. The Balaban J connectivity index is 1.09. The van der Waals surface area contributed by atoms with Crippen LogP contribution in [0.2, 0.25) is 0 Å². The maximum absolute atomic E-state index is 13.1. The Morgan fingerprint density at radius 2 is 1.69 bits per heavy atom. The van der Waals surface area contributed by atoms with Crippen LogP contribution < -0.4 is 5.32 Å². The lowest BCUT2D eigenvalue weighted by Crippen LogP contribution is -2.48. The van der Waals surface area contributed by atoms with E-state index >= 15 is 0 Å². The van der Waals surface area contributed by atoms with Gasteiger partial charge in [-0.2, -0.15) is 0 Å². The smallest absolute Gasteiger partial charge is 0.253 e. The van der Waals surface area contributed by atoms with Crippen molar-refractivity contribution in [1.82, 2.24) is 14.8 Å². The summed E-state index contributed by atoms with van der Waals surface area (Å²) in [5.74, 6) is 6.61. The Labute approximate surface area is 231 Å². The highest BCUT2D eigenvalue weighted by molar-refractivity contribution is 5.94. The molecule has 0 radical (unpaired) electrons. The van der Waals surface area contributed by atoms with Crippen LogP contribution in [-0.2, 0) is 13.1 Å². The van der Waals surface area contributed by atoms with Crippen LogP contribution in [0, 0.1) is 11.8 Å². The van der Waals surface area contributed by atoms with Crippen molar-refractivity contribution < 1.29 is 4.79 Å². The molecule has 0 bridgehead atoms. The molecule has 0 atom stereocenters. The Morgan fingerprint density at radius 1 is 0.923 bits per heavy atom. The molecule has 5 rings (SSSR count). The summed E-state index contributed by atoms with van der Waals surface area (Å²) in [6.07, 6.45) is 5.13. The first kappa shape index (κ1) is 26.5. The van der Waals surface area contributed by atoms with Gasteiger partial charge in [0.1, 0.15) is 0 Å². The topological polar surface area (TPSA) is 48.5 Å². The number of fused-ring (bicyclic) bond motifs is 1. The lowest BCUT2D eigenvalue weighted by Gasteiger charge is -2.34. The van der Waals surface area contributed by atoms with Crippen molar-refractivity contribution in [3.8, 4) is 11.8 Å². The number of hydrogen-bond acceptors (Lipinski definition) is 4. The van der Waals surface area contributed by atoms with Crippen molar-refractivity contribution in [1.29, 1.82) is 0 Å². The molecule has 0 spiro atoms. The lowest BCUT2D eigenvalue weighted by molar-refractivity contribution is 0.0628. The molecule has 2 heterocycles. The van der Waals surface area contributed by atoms with Crippen LogP contribution in [0.15, 0.2) is 85.1 Å². The number of nitrogens with one attached hydrogen (secondary N) is 1. The van der Waals surface area contributed by atoms with Gasteiger partial charge in [-0.15, -0.1) is 0 Å². The summed E-state index contributed by atoms with van der Waals surface area (Å²) in [7, 11) is 0. The molecule has 3 aromatic carbocycles. The number of anilines is 1. The number of piperazine rings is 1. The van der Waals surface area contributed by atoms with Gasteiger partial charge in [0.05, 0.1) is 5.52 Å². The number of carbonyl (C=O) groups excluding carboxylic acids is 1. The van der Waals surface area contributed by atoms with Crippen LogP contribution in [0.1, 0.15) is 53.2 Å². The second kappa shape index (κ2) is 13.1. The number of unbranched alkanes of at least 4 members (excludes halogenated alkanes) is 2. The van der Waals surface area contributed by atoms with Crippen LogP contribution in [0.25, 0.3) is 10.9 Å². The SMILES string of the molecule is CCCCC#Cc1ccc(CN2CCN(C(=O)c3ccc(NCc4cccc5cccnc45)cc3)CC2)cc1. The average Bonchev–Trinajstić information content (AvgIpc) is 2.99. The van der Waals surface area contributed by atoms with E-state index in [1.165, 1.54) is 12.0 Å².